The van der Waals surface area contributed by atoms with E-state index in [-0.39, 0.29) is 12.5 Å². The normalized spacial score (nSPS) is 13.0. The van der Waals surface area contributed by atoms with E-state index in [0.717, 1.165) is 31.5 Å². The number of nitrogens with one attached hydrogen (secondary N) is 1. The zero-order valence-corrected chi connectivity index (χ0v) is 14.0. The molecule has 2 N–H and O–H groups in total. The fourth-order valence-electron chi connectivity index (χ4n) is 2.82. The summed E-state index contributed by atoms with van der Waals surface area (Å²) in [4.78, 5) is 33.0. The smallest absolute Gasteiger partial charge is 0.322 e. The van der Waals surface area contributed by atoms with E-state index in [2.05, 4.69) is 24.3 Å². The van der Waals surface area contributed by atoms with Crippen LogP contribution in [0, 0.1) is 0 Å². The van der Waals surface area contributed by atoms with E-state index in [1.165, 1.54) is 10.8 Å². The van der Waals surface area contributed by atoms with Gasteiger partial charge in [0.2, 0.25) is 12.3 Å². The van der Waals surface area contributed by atoms with Crippen LogP contribution in [0.3, 0.4) is 0 Å². The van der Waals surface area contributed by atoms with Crippen molar-refractivity contribution in [2.24, 2.45) is 0 Å². The zero-order chi connectivity index (χ0) is 18.1. The Morgan fingerprint density at radius 1 is 1.08 bits per heavy atom. The molecule has 0 atom stereocenters. The molecule has 2 aromatic carbocycles. The fraction of sp³-hybridized carbons (Fsp3) is 0.316. The highest BCUT2D eigenvalue weighted by Gasteiger charge is 2.18. The summed E-state index contributed by atoms with van der Waals surface area (Å²) in [6, 6.07) is 14.5. The summed E-state index contributed by atoms with van der Waals surface area (Å²) in [5, 5.41) is 12.2. The van der Waals surface area contributed by atoms with Gasteiger partial charge in [0, 0.05) is 13.1 Å². The van der Waals surface area contributed by atoms with Crippen LogP contribution in [0.2, 0.25) is 0 Å². The summed E-state index contributed by atoms with van der Waals surface area (Å²) < 4.78 is 0. The van der Waals surface area contributed by atoms with Crippen LogP contribution in [0.1, 0.15) is 18.4 Å². The maximum atomic E-state index is 12.2. The van der Waals surface area contributed by atoms with Gasteiger partial charge in [0.15, 0.2) is 0 Å². The maximum Gasteiger partial charge on any atom is 0.322 e. The van der Waals surface area contributed by atoms with E-state index in [0.29, 0.717) is 12.8 Å². The van der Waals surface area contributed by atoms with Crippen LogP contribution < -0.4 is 5.32 Å². The third-order valence-corrected chi connectivity index (χ3v) is 4.02. The Morgan fingerprint density at radius 3 is 2.40 bits per heavy atom. The minimum absolute atomic E-state index is 0.267. The van der Waals surface area contributed by atoms with Gasteiger partial charge in [-0.2, -0.15) is 0 Å². The molecule has 25 heavy (non-hydrogen) atoms. The fourth-order valence-corrected chi connectivity index (χ4v) is 2.82. The number of amides is 2. The first-order valence-electron chi connectivity index (χ1n) is 8.25. The monoisotopic (exact) mass is 342 g/mol. The Balaban J connectivity index is 0.000000277. The molecule has 0 unspecified atom stereocenters. The summed E-state index contributed by atoms with van der Waals surface area (Å²) in [5.41, 5.74) is 1.14. The lowest BCUT2D eigenvalue weighted by Crippen LogP contribution is -2.29. The van der Waals surface area contributed by atoms with E-state index in [1.54, 1.807) is 0 Å². The quantitative estimate of drug-likeness (QED) is 0.812. The average Bonchev–Trinajstić information content (AvgIpc) is 3.15. The van der Waals surface area contributed by atoms with Crippen molar-refractivity contribution in [2.45, 2.75) is 19.3 Å². The standard InChI is InChI=1S/C16H17NO.C3H5NO3/c18-16(17-10-3-4-11-17)12-14-8-5-7-13-6-1-2-9-15(13)14;5-2-4-1-3(6)7/h1-2,5-9H,3-4,10-12H2;2H,1H2,(H,4,5)(H,6,7). The van der Waals surface area contributed by atoms with Crippen molar-refractivity contribution in [1.82, 2.24) is 10.2 Å². The largest absolute Gasteiger partial charge is 0.480 e. The highest BCUT2D eigenvalue weighted by molar-refractivity contribution is 5.90. The zero-order valence-electron chi connectivity index (χ0n) is 14.0. The predicted molar refractivity (Wildman–Crippen MR) is 95.2 cm³/mol. The second-order valence-electron chi connectivity index (χ2n) is 5.80. The molecule has 0 bridgehead atoms. The van der Waals surface area contributed by atoms with Crippen molar-refractivity contribution in [2.75, 3.05) is 19.6 Å². The van der Waals surface area contributed by atoms with Crippen molar-refractivity contribution >= 4 is 29.1 Å². The molecule has 1 aliphatic rings. The van der Waals surface area contributed by atoms with Gasteiger partial charge in [0.05, 0.1) is 6.42 Å². The van der Waals surface area contributed by atoms with Crippen LogP contribution in [0.5, 0.6) is 0 Å². The number of aliphatic carboxylic acids is 1. The second-order valence-corrected chi connectivity index (χ2v) is 5.80. The lowest BCUT2D eigenvalue weighted by atomic mass is 10.0. The first-order chi connectivity index (χ1) is 12.1. The van der Waals surface area contributed by atoms with Crippen LogP contribution >= 0.6 is 0 Å². The molecule has 6 nitrogen and oxygen atoms in total. The molecule has 2 aromatic rings. The molecule has 0 aromatic heterocycles. The minimum Gasteiger partial charge on any atom is -0.480 e. The summed E-state index contributed by atoms with van der Waals surface area (Å²) in [5.74, 6) is -0.768. The summed E-state index contributed by atoms with van der Waals surface area (Å²) in [6.45, 7) is 1.57. The third-order valence-electron chi connectivity index (χ3n) is 4.02. The maximum absolute atomic E-state index is 12.2. The molecule has 132 valence electrons. The van der Waals surface area contributed by atoms with E-state index < -0.39 is 5.97 Å². The van der Waals surface area contributed by atoms with Crippen molar-refractivity contribution in [3.05, 3.63) is 48.0 Å². The number of carboxylic acid groups (broad SMARTS) is 1. The third kappa shape index (κ3) is 5.60. The number of hydrogen-bond acceptors (Lipinski definition) is 3. The number of carboxylic acids is 1. The molecule has 0 aliphatic carbocycles. The van der Waals surface area contributed by atoms with Crippen molar-refractivity contribution in [3.63, 3.8) is 0 Å². The number of nitrogens with zero attached hydrogens (tertiary/aromatic N) is 1. The number of carbonyl (C=O) groups is 3. The van der Waals surface area contributed by atoms with E-state index >= 15 is 0 Å². The lowest BCUT2D eigenvalue weighted by molar-refractivity contribution is -0.136. The van der Waals surface area contributed by atoms with Crippen LogP contribution in [0.15, 0.2) is 42.5 Å². The topological polar surface area (TPSA) is 86.7 Å². The molecular formula is C19H22N2O4. The van der Waals surface area contributed by atoms with Gasteiger partial charge in [0.25, 0.3) is 0 Å². The van der Waals surface area contributed by atoms with Gasteiger partial charge >= 0.3 is 5.97 Å². The van der Waals surface area contributed by atoms with Crippen molar-refractivity contribution < 1.29 is 19.5 Å². The average molecular weight is 342 g/mol. The summed E-state index contributed by atoms with van der Waals surface area (Å²) in [6.07, 6.45) is 3.18. The van der Waals surface area contributed by atoms with Crippen LogP contribution in [0.4, 0.5) is 0 Å². The van der Waals surface area contributed by atoms with Crippen LogP contribution in [-0.4, -0.2) is 47.9 Å². The first-order valence-corrected chi connectivity index (χ1v) is 8.25. The second kappa shape index (κ2) is 9.42. The van der Waals surface area contributed by atoms with Gasteiger partial charge in [0.1, 0.15) is 6.54 Å². The molecular weight excluding hydrogens is 320 g/mol. The molecule has 3 rings (SSSR count). The summed E-state index contributed by atoms with van der Waals surface area (Å²) >= 11 is 0. The molecule has 1 heterocycles. The minimum atomic E-state index is -1.04. The number of carbonyl (C=O) groups excluding carboxylic acids is 2. The van der Waals surface area contributed by atoms with Gasteiger partial charge in [-0.3, -0.25) is 14.4 Å². The summed E-state index contributed by atoms with van der Waals surface area (Å²) in [7, 11) is 0. The number of hydrogen-bond donors (Lipinski definition) is 2. The van der Waals surface area contributed by atoms with Gasteiger partial charge in [-0.05, 0) is 29.2 Å². The Labute approximate surface area is 146 Å². The SMILES string of the molecule is O=C(Cc1cccc2ccccc12)N1CCCC1.O=CNCC(=O)O. The molecule has 0 spiro atoms. The number of benzene rings is 2. The molecule has 6 heteroatoms. The van der Waals surface area contributed by atoms with Crippen molar-refractivity contribution in [1.29, 1.82) is 0 Å². The van der Waals surface area contributed by atoms with E-state index in [1.807, 2.05) is 28.4 Å². The van der Waals surface area contributed by atoms with Gasteiger partial charge in [-0.25, -0.2) is 0 Å². The van der Waals surface area contributed by atoms with Crippen molar-refractivity contribution in [3.8, 4) is 0 Å². The predicted octanol–water partition coefficient (Wildman–Crippen LogP) is 1.82. The van der Waals surface area contributed by atoms with E-state index in [4.69, 9.17) is 5.11 Å². The Bertz CT molecular complexity index is 734. The Kier molecular flexibility index (Phi) is 6.95. The first kappa shape index (κ1) is 18.4. The van der Waals surface area contributed by atoms with Gasteiger partial charge in [-0.15, -0.1) is 0 Å². The molecule has 0 saturated carbocycles. The molecule has 1 fully saturated rings. The van der Waals surface area contributed by atoms with Crippen LogP contribution in [-0.2, 0) is 20.8 Å². The van der Waals surface area contributed by atoms with Gasteiger partial charge < -0.3 is 15.3 Å². The van der Waals surface area contributed by atoms with E-state index in [9.17, 15) is 14.4 Å². The van der Waals surface area contributed by atoms with Crippen LogP contribution in [0.25, 0.3) is 10.8 Å². The number of fused-ring (bicyclic) bond motifs is 1. The van der Waals surface area contributed by atoms with Gasteiger partial charge in [-0.1, -0.05) is 42.5 Å². The molecule has 1 saturated heterocycles. The Hall–Kier alpha value is -2.89. The Morgan fingerprint density at radius 2 is 1.76 bits per heavy atom. The lowest BCUT2D eigenvalue weighted by Gasteiger charge is -2.15. The number of likely N-dealkylation sites (tertiary alicyclic amines) is 1. The highest BCUT2D eigenvalue weighted by Crippen LogP contribution is 2.20. The molecule has 1 aliphatic heterocycles. The molecule has 2 amide bonds. The highest BCUT2D eigenvalue weighted by atomic mass is 16.4. The number of rotatable bonds is 5. The molecule has 0 radical (unpaired) electrons.